The fourth-order valence-electron chi connectivity index (χ4n) is 5.86. The second-order valence-electron chi connectivity index (χ2n) is 12.1. The first kappa shape index (κ1) is 39.3. The lowest BCUT2D eigenvalue weighted by Crippen LogP contribution is -2.69. The predicted octanol–water partition coefficient (Wildman–Crippen LogP) is 5.81. The molecule has 2 heterocycles. The van der Waals surface area contributed by atoms with Gasteiger partial charge in [-0.3, -0.25) is 9.59 Å². The first-order valence-corrected chi connectivity index (χ1v) is 17.6. The van der Waals surface area contributed by atoms with Gasteiger partial charge < -0.3 is 34.5 Å². The second kappa shape index (κ2) is 23.4. The average Bonchev–Trinajstić information content (AvgIpc) is 3.08. The SMILES string of the molecule is CCCCCCCCCCCCCCC(CCC)OC(=O)OC(C(=O)NC)(C(=O)N1CCNCC1)C(COc1ccccn1)OC. The van der Waals surface area contributed by atoms with Crippen molar-refractivity contribution in [1.82, 2.24) is 20.5 Å². The first-order chi connectivity index (χ1) is 22.4. The third kappa shape index (κ3) is 13.4. The van der Waals surface area contributed by atoms with E-state index in [2.05, 4.69) is 22.5 Å². The molecule has 3 atom stereocenters. The summed E-state index contributed by atoms with van der Waals surface area (Å²) in [7, 11) is 2.73. The van der Waals surface area contributed by atoms with Gasteiger partial charge in [-0.05, 0) is 25.3 Å². The van der Waals surface area contributed by atoms with Crippen LogP contribution in [0.2, 0.25) is 0 Å². The normalized spacial score (nSPS) is 15.8. The molecule has 2 amide bonds. The summed E-state index contributed by atoms with van der Waals surface area (Å²) < 4.78 is 23.1. The highest BCUT2D eigenvalue weighted by molar-refractivity contribution is 6.10. The highest BCUT2D eigenvalue weighted by atomic mass is 16.7. The second-order valence-corrected chi connectivity index (χ2v) is 12.1. The number of rotatable bonds is 24. The maximum atomic E-state index is 14.1. The molecular weight excluding hydrogens is 588 g/mol. The number of amides is 2. The number of carbonyl (C=O) groups is 3. The lowest BCUT2D eigenvalue weighted by Gasteiger charge is -2.40. The van der Waals surface area contributed by atoms with Crippen LogP contribution >= 0.6 is 0 Å². The zero-order valence-corrected chi connectivity index (χ0v) is 28.9. The van der Waals surface area contributed by atoms with Crippen LogP contribution in [0.1, 0.15) is 110 Å². The van der Waals surface area contributed by atoms with Crippen LogP contribution < -0.4 is 15.4 Å². The molecule has 2 N–H and O–H groups in total. The third-order valence-electron chi connectivity index (χ3n) is 8.54. The van der Waals surface area contributed by atoms with Gasteiger partial charge in [0.25, 0.3) is 17.4 Å². The summed E-state index contributed by atoms with van der Waals surface area (Å²) >= 11 is 0. The van der Waals surface area contributed by atoms with Crippen LogP contribution in [0.15, 0.2) is 24.4 Å². The van der Waals surface area contributed by atoms with Crippen LogP contribution in [-0.4, -0.2) is 92.6 Å². The van der Waals surface area contributed by atoms with Crippen LogP contribution in [0.25, 0.3) is 0 Å². The highest BCUT2D eigenvalue weighted by Gasteiger charge is 2.59. The number of nitrogens with one attached hydrogen (secondary N) is 2. The number of aromatic nitrogens is 1. The number of ether oxygens (including phenoxy) is 4. The van der Waals surface area contributed by atoms with Crippen molar-refractivity contribution in [2.45, 2.75) is 128 Å². The van der Waals surface area contributed by atoms with Crippen molar-refractivity contribution in [1.29, 1.82) is 0 Å². The lowest BCUT2D eigenvalue weighted by molar-refractivity contribution is -0.184. The summed E-state index contributed by atoms with van der Waals surface area (Å²) in [6.07, 6.45) is 15.9. The van der Waals surface area contributed by atoms with Crippen molar-refractivity contribution in [3.05, 3.63) is 24.4 Å². The summed E-state index contributed by atoms with van der Waals surface area (Å²) in [5, 5.41) is 5.71. The zero-order chi connectivity index (χ0) is 33.5. The van der Waals surface area contributed by atoms with Crippen molar-refractivity contribution in [3.8, 4) is 5.88 Å². The number of carbonyl (C=O) groups excluding carboxylic acids is 3. The van der Waals surface area contributed by atoms with Gasteiger partial charge in [0, 0.05) is 52.6 Å². The van der Waals surface area contributed by atoms with Crippen molar-refractivity contribution >= 4 is 18.0 Å². The molecule has 11 nitrogen and oxygen atoms in total. The number of nitrogens with zero attached hydrogens (tertiary/aromatic N) is 2. The summed E-state index contributed by atoms with van der Waals surface area (Å²) in [4.78, 5) is 46.8. The molecule has 0 aromatic carbocycles. The van der Waals surface area contributed by atoms with Gasteiger partial charge in [-0.25, -0.2) is 9.78 Å². The van der Waals surface area contributed by atoms with E-state index in [0.717, 1.165) is 25.7 Å². The molecule has 3 unspecified atom stereocenters. The van der Waals surface area contributed by atoms with Gasteiger partial charge in [0.2, 0.25) is 5.88 Å². The fraction of sp³-hybridized carbons (Fsp3) is 0.771. The molecule has 0 bridgehead atoms. The standard InChI is InChI=1S/C35H60N4O7/c1-5-7-8-9-10-11-12-13-14-15-16-17-21-29(20-6-2)45-34(42)46-35(32(40)36-3,33(41)39-26-24-37-25-27-39)30(43-4)28-44-31-22-18-19-23-38-31/h18-19,22-23,29-30,37H,5-17,20-21,24-28H2,1-4H3,(H,36,40). The zero-order valence-electron chi connectivity index (χ0n) is 28.9. The maximum Gasteiger partial charge on any atom is 0.510 e. The molecule has 262 valence electrons. The van der Waals surface area contributed by atoms with E-state index in [0.29, 0.717) is 39.0 Å². The van der Waals surface area contributed by atoms with Gasteiger partial charge in [0.05, 0.1) is 0 Å². The third-order valence-corrected chi connectivity index (χ3v) is 8.54. The fourth-order valence-corrected chi connectivity index (χ4v) is 5.86. The molecule has 0 radical (unpaired) electrons. The van der Waals surface area contributed by atoms with Gasteiger partial charge in [-0.15, -0.1) is 0 Å². The monoisotopic (exact) mass is 648 g/mol. The first-order valence-electron chi connectivity index (χ1n) is 17.6. The number of hydrogen-bond donors (Lipinski definition) is 2. The van der Waals surface area contributed by atoms with Crippen LogP contribution in [-0.2, 0) is 23.8 Å². The largest absolute Gasteiger partial charge is 0.510 e. The number of likely N-dealkylation sites (N-methyl/N-ethyl adjacent to an activating group) is 1. The summed E-state index contributed by atoms with van der Waals surface area (Å²) in [5.74, 6) is -1.23. The van der Waals surface area contributed by atoms with Crippen molar-refractivity contribution < 1.29 is 33.3 Å². The van der Waals surface area contributed by atoms with Crippen molar-refractivity contribution in [2.75, 3.05) is 46.9 Å². The molecule has 0 spiro atoms. The van der Waals surface area contributed by atoms with Gasteiger partial charge in [0.15, 0.2) is 0 Å². The topological polar surface area (TPSA) is 128 Å². The smallest absolute Gasteiger partial charge is 0.475 e. The molecule has 11 heteroatoms. The number of piperazine rings is 1. The number of methoxy groups -OCH3 is 1. The molecule has 0 saturated carbocycles. The van der Waals surface area contributed by atoms with E-state index < -0.39 is 29.7 Å². The molecule has 0 aliphatic carbocycles. The average molecular weight is 649 g/mol. The molecule has 2 rings (SSSR count). The molecule has 1 aliphatic rings. The molecule has 1 saturated heterocycles. The van der Waals surface area contributed by atoms with Crippen molar-refractivity contribution in [2.24, 2.45) is 0 Å². The van der Waals surface area contributed by atoms with E-state index in [4.69, 9.17) is 18.9 Å². The van der Waals surface area contributed by atoms with E-state index in [9.17, 15) is 14.4 Å². The molecule has 1 aromatic heterocycles. The quantitative estimate of drug-likeness (QED) is 0.0811. The number of hydrogen-bond acceptors (Lipinski definition) is 9. The summed E-state index contributed by atoms with van der Waals surface area (Å²) in [6.45, 7) is 5.76. The maximum absolute atomic E-state index is 14.1. The Morgan fingerprint density at radius 1 is 0.913 bits per heavy atom. The number of unbranched alkanes of at least 4 members (excludes halogenated alkanes) is 11. The minimum atomic E-state index is -2.38. The van der Waals surface area contributed by atoms with E-state index in [1.54, 1.807) is 24.4 Å². The number of pyridine rings is 1. The molecule has 1 fully saturated rings. The Hall–Kier alpha value is -2.92. The van der Waals surface area contributed by atoms with Gasteiger partial charge in [0.1, 0.15) is 18.8 Å². The Labute approximate surface area is 276 Å². The molecule has 1 aromatic rings. The van der Waals surface area contributed by atoms with E-state index >= 15 is 0 Å². The van der Waals surface area contributed by atoms with Gasteiger partial charge in [-0.2, -0.15) is 0 Å². The molecule has 1 aliphatic heterocycles. The van der Waals surface area contributed by atoms with Crippen LogP contribution in [0, 0.1) is 0 Å². The van der Waals surface area contributed by atoms with Crippen LogP contribution in [0.4, 0.5) is 4.79 Å². The Balaban J connectivity index is 2.04. The minimum Gasteiger partial charge on any atom is -0.475 e. The van der Waals surface area contributed by atoms with E-state index in [-0.39, 0.29) is 18.6 Å². The molecular formula is C35H60N4O7. The van der Waals surface area contributed by atoms with E-state index in [1.807, 2.05) is 6.92 Å². The highest BCUT2D eigenvalue weighted by Crippen LogP contribution is 2.27. The van der Waals surface area contributed by atoms with Crippen LogP contribution in [0.3, 0.4) is 0 Å². The Bertz CT molecular complexity index is 977. The van der Waals surface area contributed by atoms with Gasteiger partial charge >= 0.3 is 6.16 Å². The summed E-state index contributed by atoms with van der Waals surface area (Å²) in [6, 6.07) is 5.14. The van der Waals surface area contributed by atoms with Crippen LogP contribution in [0.5, 0.6) is 5.88 Å². The Morgan fingerprint density at radius 3 is 2.09 bits per heavy atom. The lowest BCUT2D eigenvalue weighted by atomic mass is 9.92. The summed E-state index contributed by atoms with van der Waals surface area (Å²) in [5.41, 5.74) is -2.38. The minimum absolute atomic E-state index is 0.275. The van der Waals surface area contributed by atoms with Crippen molar-refractivity contribution in [3.63, 3.8) is 0 Å². The predicted molar refractivity (Wildman–Crippen MR) is 179 cm³/mol. The Morgan fingerprint density at radius 2 is 1.54 bits per heavy atom. The van der Waals surface area contributed by atoms with E-state index in [1.165, 1.54) is 76.8 Å². The Kier molecular flexibility index (Phi) is 20.0. The van der Waals surface area contributed by atoms with Gasteiger partial charge in [-0.1, -0.05) is 97.0 Å². The molecule has 46 heavy (non-hydrogen) atoms.